The molecule has 6 heteroatoms. The summed E-state index contributed by atoms with van der Waals surface area (Å²) >= 11 is 0. The van der Waals surface area contributed by atoms with Crippen LogP contribution in [0.2, 0.25) is 0 Å². The normalized spacial score (nSPS) is 10.9. The first-order chi connectivity index (χ1) is 13.8. The van der Waals surface area contributed by atoms with E-state index in [1.54, 1.807) is 18.6 Å². The van der Waals surface area contributed by atoms with Gasteiger partial charge in [0.15, 0.2) is 0 Å². The summed E-state index contributed by atoms with van der Waals surface area (Å²) in [5.74, 6) is 0. The lowest BCUT2D eigenvalue weighted by atomic mass is 10.3. The van der Waals surface area contributed by atoms with E-state index in [9.17, 15) is 5.11 Å². The number of hydrogen-bond donors (Lipinski definition) is 1. The van der Waals surface area contributed by atoms with E-state index in [0.717, 1.165) is 17.1 Å². The summed E-state index contributed by atoms with van der Waals surface area (Å²) in [7, 11) is 0. The molecule has 1 N–H and O–H groups in total. The fourth-order valence-corrected chi connectivity index (χ4v) is 2.78. The standard InChI is InChI=1S/C22H25N5O/c28-16-15-26(17-20-7-1-4-10-23-20)13-14-27(18-21-8-2-5-11-24-21)19-22-9-3-6-12-25-22/h1-14,28H,15-19H2. The topological polar surface area (TPSA) is 65.4 Å². The summed E-state index contributed by atoms with van der Waals surface area (Å²) in [6.45, 7) is 2.60. The minimum absolute atomic E-state index is 0.0810. The van der Waals surface area contributed by atoms with E-state index in [2.05, 4.69) is 19.9 Å². The smallest absolute Gasteiger partial charge is 0.0606 e. The van der Waals surface area contributed by atoms with Crippen molar-refractivity contribution in [1.82, 2.24) is 24.8 Å². The van der Waals surface area contributed by atoms with Crippen LogP contribution in [0, 0.1) is 0 Å². The van der Waals surface area contributed by atoms with Gasteiger partial charge in [-0.2, -0.15) is 0 Å². The lowest BCUT2D eigenvalue weighted by Crippen LogP contribution is -2.24. The van der Waals surface area contributed by atoms with E-state index in [1.165, 1.54) is 0 Å². The Bertz CT molecular complexity index is 786. The van der Waals surface area contributed by atoms with Gasteiger partial charge in [0.25, 0.3) is 0 Å². The molecular formula is C22H25N5O. The Hall–Kier alpha value is -3.25. The van der Waals surface area contributed by atoms with E-state index < -0.39 is 0 Å². The number of rotatable bonds is 10. The van der Waals surface area contributed by atoms with Gasteiger partial charge in [-0.25, -0.2) is 0 Å². The van der Waals surface area contributed by atoms with Crippen molar-refractivity contribution in [3.63, 3.8) is 0 Å². The number of pyridine rings is 3. The summed E-state index contributed by atoms with van der Waals surface area (Å²) in [5, 5.41) is 9.42. The molecule has 3 aromatic rings. The van der Waals surface area contributed by atoms with Gasteiger partial charge < -0.3 is 14.9 Å². The predicted octanol–water partition coefficient (Wildman–Crippen LogP) is 2.84. The minimum atomic E-state index is 0.0810. The zero-order chi connectivity index (χ0) is 19.4. The molecule has 0 unspecified atom stereocenters. The molecule has 0 atom stereocenters. The highest BCUT2D eigenvalue weighted by Crippen LogP contribution is 2.09. The lowest BCUT2D eigenvalue weighted by Gasteiger charge is -2.23. The van der Waals surface area contributed by atoms with E-state index in [4.69, 9.17) is 0 Å². The average molecular weight is 375 g/mol. The molecule has 0 bridgehead atoms. The number of aromatic nitrogens is 3. The third kappa shape index (κ3) is 6.48. The van der Waals surface area contributed by atoms with Crippen LogP contribution in [0.1, 0.15) is 17.1 Å². The Balaban J connectivity index is 1.73. The number of aliphatic hydroxyl groups excluding tert-OH is 1. The highest BCUT2D eigenvalue weighted by molar-refractivity contribution is 5.08. The van der Waals surface area contributed by atoms with Crippen LogP contribution in [0.4, 0.5) is 0 Å². The molecular weight excluding hydrogens is 350 g/mol. The van der Waals surface area contributed by atoms with Gasteiger partial charge in [0.1, 0.15) is 0 Å². The number of nitrogens with zero attached hydrogens (tertiary/aromatic N) is 5. The van der Waals surface area contributed by atoms with E-state index in [-0.39, 0.29) is 6.61 Å². The van der Waals surface area contributed by atoms with Gasteiger partial charge in [-0.3, -0.25) is 15.0 Å². The van der Waals surface area contributed by atoms with Gasteiger partial charge in [0.05, 0.1) is 43.3 Å². The zero-order valence-corrected chi connectivity index (χ0v) is 15.8. The van der Waals surface area contributed by atoms with Gasteiger partial charge in [0, 0.05) is 37.5 Å². The molecule has 0 aliphatic carbocycles. The Labute approximate surface area is 165 Å². The van der Waals surface area contributed by atoms with Crippen molar-refractivity contribution < 1.29 is 5.11 Å². The monoisotopic (exact) mass is 375 g/mol. The molecule has 0 saturated heterocycles. The van der Waals surface area contributed by atoms with Crippen LogP contribution in [0.15, 0.2) is 85.6 Å². The third-order valence-corrected chi connectivity index (χ3v) is 4.15. The maximum absolute atomic E-state index is 9.42. The van der Waals surface area contributed by atoms with Gasteiger partial charge in [0.2, 0.25) is 0 Å². The molecule has 144 valence electrons. The second kappa shape index (κ2) is 10.8. The molecule has 0 saturated carbocycles. The maximum Gasteiger partial charge on any atom is 0.0606 e. The molecule has 0 spiro atoms. The third-order valence-electron chi connectivity index (χ3n) is 4.15. The van der Waals surface area contributed by atoms with Crippen LogP contribution in [-0.4, -0.2) is 43.0 Å². The first-order valence-electron chi connectivity index (χ1n) is 9.30. The van der Waals surface area contributed by atoms with Crippen molar-refractivity contribution in [3.8, 4) is 0 Å². The Morgan fingerprint density at radius 1 is 0.643 bits per heavy atom. The molecule has 0 aliphatic heterocycles. The van der Waals surface area contributed by atoms with Gasteiger partial charge in [-0.05, 0) is 36.4 Å². The van der Waals surface area contributed by atoms with Crippen molar-refractivity contribution in [2.24, 2.45) is 0 Å². The van der Waals surface area contributed by atoms with Crippen LogP contribution < -0.4 is 0 Å². The van der Waals surface area contributed by atoms with Crippen LogP contribution in [0.5, 0.6) is 0 Å². The Morgan fingerprint density at radius 3 is 1.46 bits per heavy atom. The van der Waals surface area contributed by atoms with Gasteiger partial charge in [-0.1, -0.05) is 18.2 Å². The molecule has 0 aliphatic rings. The average Bonchev–Trinajstić information content (AvgIpc) is 2.74. The van der Waals surface area contributed by atoms with Crippen LogP contribution in [0.3, 0.4) is 0 Å². The van der Waals surface area contributed by atoms with E-state index in [1.807, 2.05) is 71.9 Å². The highest BCUT2D eigenvalue weighted by atomic mass is 16.3. The van der Waals surface area contributed by atoms with Crippen molar-refractivity contribution in [2.75, 3.05) is 13.2 Å². The summed E-state index contributed by atoms with van der Waals surface area (Å²) in [5.41, 5.74) is 2.93. The fraction of sp³-hybridized carbons (Fsp3) is 0.227. The summed E-state index contributed by atoms with van der Waals surface area (Å²) < 4.78 is 0. The van der Waals surface area contributed by atoms with Crippen LogP contribution >= 0.6 is 0 Å². The molecule has 0 aromatic carbocycles. The largest absolute Gasteiger partial charge is 0.395 e. The Kier molecular flexibility index (Phi) is 7.52. The quantitative estimate of drug-likeness (QED) is 0.588. The van der Waals surface area contributed by atoms with Crippen molar-refractivity contribution in [3.05, 3.63) is 103 Å². The minimum Gasteiger partial charge on any atom is -0.395 e. The van der Waals surface area contributed by atoms with Gasteiger partial charge in [-0.15, -0.1) is 0 Å². The molecule has 3 heterocycles. The first kappa shape index (κ1) is 19.5. The highest BCUT2D eigenvalue weighted by Gasteiger charge is 2.07. The van der Waals surface area contributed by atoms with Crippen LogP contribution in [0.25, 0.3) is 0 Å². The van der Waals surface area contributed by atoms with E-state index in [0.29, 0.717) is 26.2 Å². The van der Waals surface area contributed by atoms with Crippen molar-refractivity contribution in [1.29, 1.82) is 0 Å². The van der Waals surface area contributed by atoms with Gasteiger partial charge >= 0.3 is 0 Å². The first-order valence-corrected chi connectivity index (χ1v) is 9.30. The molecule has 3 rings (SSSR count). The fourth-order valence-electron chi connectivity index (χ4n) is 2.78. The SMILES string of the molecule is OCCN(C=CN(Cc1ccccn1)Cc1ccccn1)Cc1ccccn1. The second-order valence-corrected chi connectivity index (χ2v) is 6.36. The van der Waals surface area contributed by atoms with Crippen molar-refractivity contribution >= 4 is 0 Å². The number of hydrogen-bond acceptors (Lipinski definition) is 6. The predicted molar refractivity (Wildman–Crippen MR) is 109 cm³/mol. The lowest BCUT2D eigenvalue weighted by molar-refractivity contribution is 0.228. The van der Waals surface area contributed by atoms with E-state index >= 15 is 0 Å². The Morgan fingerprint density at radius 2 is 1.07 bits per heavy atom. The number of aliphatic hydroxyl groups is 1. The second-order valence-electron chi connectivity index (χ2n) is 6.36. The summed E-state index contributed by atoms with van der Waals surface area (Å²) in [6.07, 6.45) is 9.41. The molecule has 0 radical (unpaired) electrons. The maximum atomic E-state index is 9.42. The zero-order valence-electron chi connectivity index (χ0n) is 15.8. The summed E-state index contributed by atoms with van der Waals surface area (Å²) in [6, 6.07) is 17.7. The van der Waals surface area contributed by atoms with Crippen LogP contribution in [-0.2, 0) is 19.6 Å². The molecule has 0 amide bonds. The summed E-state index contributed by atoms with van der Waals surface area (Å²) in [4.78, 5) is 17.4. The molecule has 6 nitrogen and oxygen atoms in total. The molecule has 28 heavy (non-hydrogen) atoms. The molecule has 0 fully saturated rings. The molecule has 3 aromatic heterocycles. The van der Waals surface area contributed by atoms with Crippen molar-refractivity contribution in [2.45, 2.75) is 19.6 Å².